The molecule has 0 saturated carbocycles. The van der Waals surface area contributed by atoms with Crippen LogP contribution < -0.4 is 0 Å². The van der Waals surface area contributed by atoms with Gasteiger partial charge in [0.05, 0.1) is 23.3 Å². The number of halogens is 1. The van der Waals surface area contributed by atoms with Gasteiger partial charge in [0.25, 0.3) is 0 Å². The van der Waals surface area contributed by atoms with Crippen molar-refractivity contribution >= 4 is 34.5 Å². The Bertz CT molecular complexity index is 1240. The number of para-hydroxylation sites is 2. The summed E-state index contributed by atoms with van der Waals surface area (Å²) in [7, 11) is 0. The van der Waals surface area contributed by atoms with Crippen LogP contribution >= 0.6 is 11.8 Å². The van der Waals surface area contributed by atoms with E-state index >= 15 is 0 Å². The van der Waals surface area contributed by atoms with Crippen molar-refractivity contribution in [2.24, 2.45) is 5.92 Å². The van der Waals surface area contributed by atoms with Crippen LogP contribution in [-0.4, -0.2) is 48.8 Å². The van der Waals surface area contributed by atoms with Gasteiger partial charge in [-0.1, -0.05) is 49.0 Å². The Morgan fingerprint density at radius 3 is 2.55 bits per heavy atom. The first-order valence-corrected chi connectivity index (χ1v) is 11.6. The number of hydrogen-bond donors (Lipinski definition) is 0. The van der Waals surface area contributed by atoms with Gasteiger partial charge in [0, 0.05) is 18.7 Å². The summed E-state index contributed by atoms with van der Waals surface area (Å²) >= 11 is 1.41. The zero-order chi connectivity index (χ0) is 21.4. The highest BCUT2D eigenvalue weighted by atomic mass is 32.2. The molecule has 4 aromatic rings. The minimum absolute atomic E-state index is 0.142. The molecule has 1 amide bonds. The van der Waals surface area contributed by atoms with Crippen molar-refractivity contribution in [3.8, 4) is 0 Å². The van der Waals surface area contributed by atoms with Gasteiger partial charge in [-0.3, -0.25) is 9.20 Å². The van der Waals surface area contributed by atoms with Crippen molar-refractivity contribution in [2.75, 3.05) is 18.8 Å². The molecule has 2 aromatic carbocycles. The molecule has 0 aliphatic carbocycles. The SMILES string of the molecule is CC1CCN(C(=O)CSc2nnc3n(Cc4ccccc4F)c4ccccc4n23)CC1. The van der Waals surface area contributed by atoms with E-state index in [0.717, 1.165) is 37.0 Å². The number of amides is 1. The molecule has 1 fully saturated rings. The minimum atomic E-state index is -0.242. The molecular weight excluding hydrogens is 413 g/mol. The average Bonchev–Trinajstić information content (AvgIpc) is 3.33. The van der Waals surface area contributed by atoms with Crippen LogP contribution in [0.15, 0.2) is 53.7 Å². The van der Waals surface area contributed by atoms with Gasteiger partial charge in [-0.15, -0.1) is 10.2 Å². The van der Waals surface area contributed by atoms with Crippen LogP contribution in [0.25, 0.3) is 16.8 Å². The van der Waals surface area contributed by atoms with Crippen molar-refractivity contribution in [3.63, 3.8) is 0 Å². The lowest BCUT2D eigenvalue weighted by Gasteiger charge is -2.30. The molecule has 1 saturated heterocycles. The monoisotopic (exact) mass is 437 g/mol. The lowest BCUT2D eigenvalue weighted by atomic mass is 9.99. The lowest BCUT2D eigenvalue weighted by Crippen LogP contribution is -2.38. The fourth-order valence-corrected chi connectivity index (χ4v) is 5.00. The first-order chi connectivity index (χ1) is 15.1. The molecule has 6 nitrogen and oxygen atoms in total. The quantitative estimate of drug-likeness (QED) is 0.439. The van der Waals surface area contributed by atoms with E-state index in [4.69, 9.17) is 0 Å². The Kier molecular flexibility index (Phi) is 5.40. The Morgan fingerprint density at radius 1 is 1.06 bits per heavy atom. The number of fused-ring (bicyclic) bond motifs is 3. The molecule has 31 heavy (non-hydrogen) atoms. The Balaban J connectivity index is 1.44. The molecule has 1 aliphatic rings. The molecule has 0 radical (unpaired) electrons. The van der Waals surface area contributed by atoms with E-state index in [1.54, 1.807) is 12.1 Å². The van der Waals surface area contributed by atoms with Crippen LogP contribution in [0.3, 0.4) is 0 Å². The number of hydrogen-bond acceptors (Lipinski definition) is 4. The largest absolute Gasteiger partial charge is 0.342 e. The minimum Gasteiger partial charge on any atom is -0.342 e. The second kappa shape index (κ2) is 8.34. The third-order valence-corrected chi connectivity index (χ3v) is 6.93. The summed E-state index contributed by atoms with van der Waals surface area (Å²) in [5.41, 5.74) is 2.49. The normalized spacial score (nSPS) is 15.2. The standard InChI is InChI=1S/C23H24FN5OS/c1-16-10-12-27(13-11-16)21(30)15-31-23-26-25-22-28(14-17-6-2-3-7-18(17)24)19-8-4-5-9-20(19)29(22)23/h2-9,16H,10-15H2,1H3. The van der Waals surface area contributed by atoms with Crippen LogP contribution in [0.5, 0.6) is 0 Å². The van der Waals surface area contributed by atoms with Crippen molar-refractivity contribution in [1.82, 2.24) is 24.1 Å². The summed E-state index contributed by atoms with van der Waals surface area (Å²) in [6, 6.07) is 14.7. The Labute approximate surface area is 184 Å². The number of thioether (sulfide) groups is 1. The fraction of sp³-hybridized carbons (Fsp3) is 0.348. The highest BCUT2D eigenvalue weighted by Crippen LogP contribution is 2.27. The maximum absolute atomic E-state index is 14.3. The van der Waals surface area contributed by atoms with E-state index in [1.807, 2.05) is 44.2 Å². The molecule has 0 unspecified atom stereocenters. The zero-order valence-corrected chi connectivity index (χ0v) is 18.2. The number of piperidine rings is 1. The van der Waals surface area contributed by atoms with E-state index in [2.05, 4.69) is 17.1 Å². The van der Waals surface area contributed by atoms with Gasteiger partial charge >= 0.3 is 0 Å². The molecule has 0 spiro atoms. The number of carbonyl (C=O) groups is 1. The summed E-state index contributed by atoms with van der Waals surface area (Å²) in [6.07, 6.45) is 2.13. The van der Waals surface area contributed by atoms with Gasteiger partial charge < -0.3 is 9.47 Å². The summed E-state index contributed by atoms with van der Waals surface area (Å²) in [4.78, 5) is 14.6. The smallest absolute Gasteiger partial charge is 0.237 e. The van der Waals surface area contributed by atoms with Gasteiger partial charge in [-0.2, -0.15) is 0 Å². The van der Waals surface area contributed by atoms with Crippen LogP contribution in [0.1, 0.15) is 25.3 Å². The molecule has 160 valence electrons. The zero-order valence-electron chi connectivity index (χ0n) is 17.4. The van der Waals surface area contributed by atoms with Crippen LogP contribution in [0.2, 0.25) is 0 Å². The number of nitrogens with zero attached hydrogens (tertiary/aromatic N) is 5. The van der Waals surface area contributed by atoms with Crippen LogP contribution in [0, 0.1) is 11.7 Å². The van der Waals surface area contributed by atoms with Crippen LogP contribution in [-0.2, 0) is 11.3 Å². The molecule has 1 aliphatic heterocycles. The highest BCUT2D eigenvalue weighted by molar-refractivity contribution is 7.99. The second-order valence-corrected chi connectivity index (χ2v) is 9.08. The number of aromatic nitrogens is 4. The summed E-state index contributed by atoms with van der Waals surface area (Å²) < 4.78 is 18.2. The van der Waals surface area contributed by atoms with E-state index < -0.39 is 0 Å². The van der Waals surface area contributed by atoms with Crippen molar-refractivity contribution < 1.29 is 9.18 Å². The first kappa shape index (κ1) is 20.1. The molecule has 0 bridgehead atoms. The molecule has 3 heterocycles. The maximum atomic E-state index is 14.3. The number of carbonyl (C=O) groups excluding carboxylic acids is 1. The van der Waals surface area contributed by atoms with Crippen LogP contribution in [0.4, 0.5) is 4.39 Å². The van der Waals surface area contributed by atoms with Gasteiger partial charge in [-0.05, 0) is 37.0 Å². The van der Waals surface area contributed by atoms with Gasteiger partial charge in [0.2, 0.25) is 11.7 Å². The molecule has 0 atom stereocenters. The lowest BCUT2D eigenvalue weighted by molar-refractivity contribution is -0.129. The number of imidazole rings is 1. The van der Waals surface area contributed by atoms with Crippen molar-refractivity contribution in [1.29, 1.82) is 0 Å². The molecule has 5 rings (SSSR count). The van der Waals surface area contributed by atoms with E-state index in [1.165, 1.54) is 17.8 Å². The molecular formula is C23H24FN5OS. The molecule has 2 aromatic heterocycles. The first-order valence-electron chi connectivity index (χ1n) is 10.6. The third-order valence-electron chi connectivity index (χ3n) is 6.02. The highest BCUT2D eigenvalue weighted by Gasteiger charge is 2.22. The van der Waals surface area contributed by atoms with Crippen molar-refractivity contribution in [3.05, 3.63) is 59.9 Å². The maximum Gasteiger partial charge on any atom is 0.237 e. The van der Waals surface area contributed by atoms with Gasteiger partial charge in [0.1, 0.15) is 5.82 Å². The fourth-order valence-electron chi connectivity index (χ4n) is 4.16. The van der Waals surface area contributed by atoms with Crippen molar-refractivity contribution in [2.45, 2.75) is 31.5 Å². The summed E-state index contributed by atoms with van der Waals surface area (Å²) in [6.45, 7) is 4.26. The van der Waals surface area contributed by atoms with E-state index in [9.17, 15) is 9.18 Å². The second-order valence-electron chi connectivity index (χ2n) is 8.14. The Hall–Kier alpha value is -2.87. The van der Waals surface area contributed by atoms with Gasteiger partial charge in [0.15, 0.2) is 5.16 Å². The summed E-state index contributed by atoms with van der Waals surface area (Å²) in [5, 5.41) is 9.42. The predicted molar refractivity (Wildman–Crippen MR) is 120 cm³/mol. The number of likely N-dealkylation sites (tertiary alicyclic amines) is 1. The molecule has 8 heteroatoms. The average molecular weight is 438 g/mol. The Morgan fingerprint density at radius 2 is 1.77 bits per heavy atom. The number of rotatable bonds is 5. The third kappa shape index (κ3) is 3.80. The predicted octanol–water partition coefficient (Wildman–Crippen LogP) is 4.22. The number of benzene rings is 2. The van der Waals surface area contributed by atoms with Gasteiger partial charge in [-0.25, -0.2) is 4.39 Å². The topological polar surface area (TPSA) is 55.4 Å². The molecule has 0 N–H and O–H groups in total. The van der Waals surface area contributed by atoms with E-state index in [-0.39, 0.29) is 11.7 Å². The summed E-state index contributed by atoms with van der Waals surface area (Å²) in [5.74, 6) is 1.57. The van der Waals surface area contributed by atoms with E-state index in [0.29, 0.717) is 34.7 Å².